The van der Waals surface area contributed by atoms with Crippen LogP contribution in [0.1, 0.15) is 36.6 Å². The number of aryl methyl sites for hydroxylation is 1. The van der Waals surface area contributed by atoms with E-state index < -0.39 is 15.6 Å². The van der Waals surface area contributed by atoms with E-state index in [1.54, 1.807) is 0 Å². The number of halogens is 3. The maximum atomic E-state index is 12.5. The molecule has 1 fully saturated rings. The quantitative estimate of drug-likeness (QED) is 0.460. The topological polar surface area (TPSA) is 64.4 Å². The summed E-state index contributed by atoms with van der Waals surface area (Å²) >= 11 is 0. The van der Waals surface area contributed by atoms with Gasteiger partial charge in [-0.05, 0) is 25.7 Å². The zero-order valence-corrected chi connectivity index (χ0v) is 13.6. The van der Waals surface area contributed by atoms with Crippen molar-refractivity contribution >= 4 is 19.5 Å². The van der Waals surface area contributed by atoms with Crippen molar-refractivity contribution in [2.24, 2.45) is 7.05 Å². The number of piperidine rings is 1. The molecular formula is C11H15F3N3O3PS. The number of hydrogen-bond acceptors (Lipinski definition) is 5. The number of nitrogens with zero attached hydrogens (tertiary/aromatic N) is 3. The van der Waals surface area contributed by atoms with Crippen molar-refractivity contribution in [3.8, 4) is 5.88 Å². The smallest absolute Gasteiger partial charge is 0.355 e. The summed E-state index contributed by atoms with van der Waals surface area (Å²) in [6.07, 6.45) is 3.16. The van der Waals surface area contributed by atoms with Crippen molar-refractivity contribution in [2.45, 2.75) is 43.3 Å². The highest BCUT2D eigenvalue weighted by atomic mass is 32.2. The minimum atomic E-state index is -5.69. The third-order valence-corrected chi connectivity index (χ3v) is 5.87. The molecule has 0 aromatic carbocycles. The maximum Gasteiger partial charge on any atom is 0.534 e. The summed E-state index contributed by atoms with van der Waals surface area (Å²) in [7, 11) is -1.68. The summed E-state index contributed by atoms with van der Waals surface area (Å²) in [5.41, 5.74) is -4.40. The van der Waals surface area contributed by atoms with Crippen LogP contribution in [0, 0.1) is 0 Å². The molecule has 0 amide bonds. The van der Waals surface area contributed by atoms with Gasteiger partial charge < -0.3 is 4.18 Å². The van der Waals surface area contributed by atoms with Crippen molar-refractivity contribution in [1.82, 2.24) is 14.5 Å². The van der Waals surface area contributed by atoms with Crippen LogP contribution in [0.5, 0.6) is 5.88 Å². The molecule has 11 heteroatoms. The standard InChI is InChI=1S/C11H15F3N3O3PS/c1-16-10(20-22(18,19)11(12,13)14)7-5-6-3-2-4-8(17(6)21)9(7)15-16/h6,8H,2-5,21H2,1H3/t6-,8+/m1/s1. The fourth-order valence-electron chi connectivity index (χ4n) is 3.11. The molecule has 0 spiro atoms. The molecule has 3 atom stereocenters. The van der Waals surface area contributed by atoms with Gasteiger partial charge in [-0.1, -0.05) is 9.39 Å². The Labute approximate surface area is 128 Å². The molecule has 3 rings (SSSR count). The Kier molecular flexibility index (Phi) is 3.69. The second kappa shape index (κ2) is 5.07. The summed E-state index contributed by atoms with van der Waals surface area (Å²) in [4.78, 5) is 0. The zero-order chi connectivity index (χ0) is 16.3. The lowest BCUT2D eigenvalue weighted by Crippen LogP contribution is -2.40. The van der Waals surface area contributed by atoms with Gasteiger partial charge in [0.2, 0.25) is 5.88 Å². The first-order valence-electron chi connectivity index (χ1n) is 6.71. The van der Waals surface area contributed by atoms with E-state index in [9.17, 15) is 21.6 Å². The molecule has 2 aliphatic rings. The van der Waals surface area contributed by atoms with Crippen LogP contribution in [-0.4, -0.2) is 34.4 Å². The number of aromatic nitrogens is 2. The number of rotatable bonds is 2. The van der Waals surface area contributed by atoms with Crippen LogP contribution in [0.4, 0.5) is 13.2 Å². The Morgan fingerprint density at radius 3 is 2.68 bits per heavy atom. The second-order valence-electron chi connectivity index (χ2n) is 5.53. The Balaban J connectivity index is 2.03. The summed E-state index contributed by atoms with van der Waals surface area (Å²) in [5.74, 6) is -0.331. The number of alkyl halides is 3. The summed E-state index contributed by atoms with van der Waals surface area (Å²) in [5, 5.41) is 4.19. The largest absolute Gasteiger partial charge is 0.534 e. The normalized spacial score (nSPS) is 25.9. The van der Waals surface area contributed by atoms with Gasteiger partial charge >= 0.3 is 15.6 Å². The molecule has 0 aliphatic carbocycles. The fraction of sp³-hybridized carbons (Fsp3) is 0.727. The van der Waals surface area contributed by atoms with Crippen molar-refractivity contribution in [1.29, 1.82) is 0 Å². The van der Waals surface area contributed by atoms with Crippen LogP contribution in [0.15, 0.2) is 0 Å². The minimum absolute atomic E-state index is 0.0374. The van der Waals surface area contributed by atoms with E-state index >= 15 is 0 Å². The molecule has 2 aliphatic heterocycles. The van der Waals surface area contributed by atoms with Gasteiger partial charge in [0.25, 0.3) is 0 Å². The zero-order valence-electron chi connectivity index (χ0n) is 11.7. The average molecular weight is 357 g/mol. The highest BCUT2D eigenvalue weighted by Crippen LogP contribution is 2.46. The molecule has 1 saturated heterocycles. The number of hydrogen-bond donors (Lipinski definition) is 0. The third-order valence-electron chi connectivity index (χ3n) is 4.14. The summed E-state index contributed by atoms with van der Waals surface area (Å²) in [6, 6.07) is 0.0982. The van der Waals surface area contributed by atoms with Crippen molar-refractivity contribution in [3.63, 3.8) is 0 Å². The van der Waals surface area contributed by atoms with E-state index in [0.717, 1.165) is 23.9 Å². The molecule has 0 saturated carbocycles. The van der Waals surface area contributed by atoms with Crippen LogP contribution >= 0.6 is 9.39 Å². The average Bonchev–Trinajstić information content (AvgIpc) is 2.65. The molecule has 1 aromatic rings. The lowest BCUT2D eigenvalue weighted by molar-refractivity contribution is -0.0502. The Morgan fingerprint density at radius 2 is 2.05 bits per heavy atom. The van der Waals surface area contributed by atoms with Crippen LogP contribution in [0.2, 0.25) is 0 Å². The van der Waals surface area contributed by atoms with Crippen LogP contribution < -0.4 is 4.18 Å². The van der Waals surface area contributed by atoms with Crippen LogP contribution in [-0.2, 0) is 23.6 Å². The van der Waals surface area contributed by atoms with Crippen molar-refractivity contribution in [3.05, 3.63) is 11.3 Å². The first-order chi connectivity index (χ1) is 10.1. The van der Waals surface area contributed by atoms with Gasteiger partial charge in [-0.15, -0.1) is 0 Å². The van der Waals surface area contributed by atoms with Crippen molar-refractivity contribution < 1.29 is 25.8 Å². The van der Waals surface area contributed by atoms with Gasteiger partial charge in [0, 0.05) is 18.7 Å². The maximum absolute atomic E-state index is 12.5. The third kappa shape index (κ3) is 2.41. The highest BCUT2D eigenvalue weighted by Gasteiger charge is 2.50. The molecule has 6 nitrogen and oxygen atoms in total. The Bertz CT molecular complexity index is 703. The Hall–Kier alpha value is -0.860. The van der Waals surface area contributed by atoms with Gasteiger partial charge in [0.15, 0.2) is 0 Å². The molecule has 0 radical (unpaired) electrons. The van der Waals surface area contributed by atoms with Gasteiger partial charge in [-0.3, -0.25) is 4.67 Å². The molecule has 1 unspecified atom stereocenters. The van der Waals surface area contributed by atoms with Crippen LogP contribution in [0.25, 0.3) is 0 Å². The molecular weight excluding hydrogens is 342 g/mol. The first-order valence-corrected chi connectivity index (χ1v) is 8.64. The SMILES string of the molecule is Cn1nc2c(c1OS(=O)(=O)C(F)(F)F)C[C@H]1CCC[C@@H]2N1P. The van der Waals surface area contributed by atoms with Gasteiger partial charge in [0.1, 0.15) is 0 Å². The number of fused-ring (bicyclic) bond motifs is 4. The second-order valence-corrected chi connectivity index (χ2v) is 7.66. The van der Waals surface area contributed by atoms with Crippen molar-refractivity contribution in [2.75, 3.05) is 0 Å². The molecule has 124 valence electrons. The predicted molar refractivity (Wildman–Crippen MR) is 74.4 cm³/mol. The van der Waals surface area contributed by atoms with Crippen LogP contribution in [0.3, 0.4) is 0 Å². The van der Waals surface area contributed by atoms with Gasteiger partial charge in [0.05, 0.1) is 11.7 Å². The monoisotopic (exact) mass is 357 g/mol. The molecule has 22 heavy (non-hydrogen) atoms. The van der Waals surface area contributed by atoms with E-state index in [1.807, 2.05) is 0 Å². The highest BCUT2D eigenvalue weighted by molar-refractivity contribution is 7.87. The summed E-state index contributed by atoms with van der Waals surface area (Å²) < 4.78 is 67.6. The first kappa shape index (κ1) is 16.0. The van der Waals surface area contributed by atoms with Gasteiger partial charge in [-0.2, -0.15) is 26.7 Å². The van der Waals surface area contributed by atoms with E-state index in [1.165, 1.54) is 7.05 Å². The van der Waals surface area contributed by atoms with E-state index in [2.05, 4.69) is 23.3 Å². The summed E-state index contributed by atoms with van der Waals surface area (Å²) in [6.45, 7) is 0. The Morgan fingerprint density at radius 1 is 1.36 bits per heavy atom. The molecule has 0 N–H and O–H groups in total. The minimum Gasteiger partial charge on any atom is -0.355 e. The fourth-order valence-corrected chi connectivity index (χ4v) is 4.16. The molecule has 2 bridgehead atoms. The lowest BCUT2D eigenvalue weighted by Gasteiger charge is -2.42. The van der Waals surface area contributed by atoms with Gasteiger partial charge in [-0.25, -0.2) is 4.68 Å². The van der Waals surface area contributed by atoms with E-state index in [0.29, 0.717) is 17.7 Å². The van der Waals surface area contributed by atoms with E-state index in [-0.39, 0.29) is 18.0 Å². The predicted octanol–water partition coefficient (Wildman–Crippen LogP) is 1.89. The lowest BCUT2D eigenvalue weighted by atomic mass is 9.86. The van der Waals surface area contributed by atoms with E-state index in [4.69, 9.17) is 0 Å². The molecule has 3 heterocycles. The molecule has 1 aromatic heterocycles.